The van der Waals surface area contributed by atoms with Gasteiger partial charge >= 0.3 is 0 Å². The molecule has 0 spiro atoms. The maximum absolute atomic E-state index is 5.59. The molecule has 78 valence electrons. The Labute approximate surface area is 82.2 Å². The van der Waals surface area contributed by atoms with E-state index in [9.17, 15) is 0 Å². The highest BCUT2D eigenvalue weighted by atomic mass is 15.2. The van der Waals surface area contributed by atoms with E-state index in [4.69, 9.17) is 5.84 Å². The Morgan fingerprint density at radius 2 is 2.08 bits per heavy atom. The molecule has 3 N–H and O–H groups in total. The van der Waals surface area contributed by atoms with Crippen LogP contribution in [0.2, 0.25) is 0 Å². The Kier molecular flexibility index (Phi) is 4.20. The molecule has 2 heteroatoms. The molecule has 1 saturated carbocycles. The van der Waals surface area contributed by atoms with Gasteiger partial charge in [0.1, 0.15) is 0 Å². The molecule has 0 radical (unpaired) electrons. The normalized spacial score (nSPS) is 31.2. The lowest BCUT2D eigenvalue weighted by Gasteiger charge is -2.26. The molecule has 1 rings (SSSR count). The van der Waals surface area contributed by atoms with Crippen molar-refractivity contribution in [2.45, 2.75) is 52.5 Å². The third kappa shape index (κ3) is 2.68. The summed E-state index contributed by atoms with van der Waals surface area (Å²) in [4.78, 5) is 0. The van der Waals surface area contributed by atoms with Crippen LogP contribution in [0.15, 0.2) is 0 Å². The highest BCUT2D eigenvalue weighted by molar-refractivity contribution is 4.84. The van der Waals surface area contributed by atoms with Crippen LogP contribution in [-0.4, -0.2) is 6.04 Å². The van der Waals surface area contributed by atoms with E-state index in [2.05, 4.69) is 26.2 Å². The quantitative estimate of drug-likeness (QED) is 0.520. The summed E-state index contributed by atoms with van der Waals surface area (Å²) in [7, 11) is 0. The lowest BCUT2D eigenvalue weighted by atomic mass is 9.89. The maximum atomic E-state index is 5.59. The van der Waals surface area contributed by atoms with Gasteiger partial charge < -0.3 is 0 Å². The van der Waals surface area contributed by atoms with Crippen LogP contribution in [0.3, 0.4) is 0 Å². The predicted molar refractivity (Wildman–Crippen MR) is 57.1 cm³/mol. The predicted octanol–water partition coefficient (Wildman–Crippen LogP) is 2.30. The van der Waals surface area contributed by atoms with Gasteiger partial charge in [-0.1, -0.05) is 33.6 Å². The molecule has 2 nitrogen and oxygen atoms in total. The van der Waals surface area contributed by atoms with Crippen LogP contribution in [-0.2, 0) is 0 Å². The summed E-state index contributed by atoms with van der Waals surface area (Å²) >= 11 is 0. The first-order valence-corrected chi connectivity index (χ1v) is 5.65. The summed E-state index contributed by atoms with van der Waals surface area (Å²) in [6.07, 6.45) is 5.49. The molecule has 0 bridgehead atoms. The van der Waals surface area contributed by atoms with Crippen molar-refractivity contribution in [3.63, 3.8) is 0 Å². The van der Waals surface area contributed by atoms with Crippen molar-refractivity contribution in [2.75, 3.05) is 0 Å². The van der Waals surface area contributed by atoms with E-state index in [1.165, 1.54) is 25.7 Å². The van der Waals surface area contributed by atoms with E-state index in [1.54, 1.807) is 0 Å². The molecule has 0 heterocycles. The molecular weight excluding hydrogens is 160 g/mol. The van der Waals surface area contributed by atoms with Crippen LogP contribution >= 0.6 is 0 Å². The maximum Gasteiger partial charge on any atom is 0.0261 e. The van der Waals surface area contributed by atoms with Crippen LogP contribution in [0.5, 0.6) is 0 Å². The number of nitrogens with one attached hydrogen (secondary N) is 1. The fourth-order valence-corrected chi connectivity index (χ4v) is 2.68. The summed E-state index contributed by atoms with van der Waals surface area (Å²) in [5.74, 6) is 8.02. The monoisotopic (exact) mass is 184 g/mol. The summed E-state index contributed by atoms with van der Waals surface area (Å²) in [5.41, 5.74) is 2.99. The minimum absolute atomic E-state index is 0.525. The minimum Gasteiger partial charge on any atom is -0.271 e. The van der Waals surface area contributed by atoms with Crippen LogP contribution in [0, 0.1) is 17.8 Å². The number of hydrogen-bond donors (Lipinski definition) is 2. The highest BCUT2D eigenvalue weighted by Crippen LogP contribution is 2.36. The van der Waals surface area contributed by atoms with E-state index < -0.39 is 0 Å². The second kappa shape index (κ2) is 4.97. The second-order valence-electron chi connectivity index (χ2n) is 4.78. The zero-order valence-corrected chi connectivity index (χ0v) is 9.22. The van der Waals surface area contributed by atoms with Crippen molar-refractivity contribution in [1.82, 2.24) is 5.43 Å². The van der Waals surface area contributed by atoms with E-state index in [-0.39, 0.29) is 0 Å². The zero-order chi connectivity index (χ0) is 9.84. The molecule has 0 aromatic heterocycles. The van der Waals surface area contributed by atoms with Gasteiger partial charge in [0.05, 0.1) is 0 Å². The fraction of sp³-hybridized carbons (Fsp3) is 1.00. The van der Waals surface area contributed by atoms with Crippen molar-refractivity contribution in [3.8, 4) is 0 Å². The molecule has 1 fully saturated rings. The smallest absolute Gasteiger partial charge is 0.0261 e. The largest absolute Gasteiger partial charge is 0.271 e. The average molecular weight is 184 g/mol. The number of nitrogens with two attached hydrogens (primary N) is 1. The molecule has 0 amide bonds. The van der Waals surface area contributed by atoms with Gasteiger partial charge in [0.2, 0.25) is 0 Å². The van der Waals surface area contributed by atoms with Gasteiger partial charge in [-0.25, -0.2) is 0 Å². The van der Waals surface area contributed by atoms with Gasteiger partial charge in [0.15, 0.2) is 0 Å². The number of rotatable bonds is 4. The van der Waals surface area contributed by atoms with Gasteiger partial charge in [-0.15, -0.1) is 0 Å². The molecule has 0 aromatic carbocycles. The van der Waals surface area contributed by atoms with Gasteiger partial charge in [-0.05, 0) is 30.6 Å². The number of hydrogen-bond acceptors (Lipinski definition) is 2. The highest BCUT2D eigenvalue weighted by Gasteiger charge is 2.30. The Balaban J connectivity index is 2.43. The molecule has 1 aliphatic rings. The molecule has 3 atom stereocenters. The zero-order valence-electron chi connectivity index (χ0n) is 9.22. The van der Waals surface area contributed by atoms with Crippen LogP contribution < -0.4 is 11.3 Å². The molecular formula is C11H24N2. The summed E-state index contributed by atoms with van der Waals surface area (Å²) in [6.45, 7) is 6.81. The second-order valence-corrected chi connectivity index (χ2v) is 4.78. The lowest BCUT2D eigenvalue weighted by molar-refractivity contribution is 0.281. The van der Waals surface area contributed by atoms with E-state index in [1.807, 2.05) is 0 Å². The van der Waals surface area contributed by atoms with Crippen molar-refractivity contribution in [2.24, 2.45) is 23.6 Å². The minimum atomic E-state index is 0.525. The Hall–Kier alpha value is -0.0800. The van der Waals surface area contributed by atoms with Gasteiger partial charge in [-0.2, -0.15) is 0 Å². The van der Waals surface area contributed by atoms with E-state index in [0.29, 0.717) is 12.0 Å². The fourth-order valence-electron chi connectivity index (χ4n) is 2.68. The van der Waals surface area contributed by atoms with Crippen LogP contribution in [0.1, 0.15) is 46.5 Å². The third-order valence-corrected chi connectivity index (χ3v) is 3.58. The number of hydrazine groups is 1. The van der Waals surface area contributed by atoms with Crippen LogP contribution in [0.25, 0.3) is 0 Å². The Bertz CT molecular complexity index is 145. The van der Waals surface area contributed by atoms with E-state index >= 15 is 0 Å². The van der Waals surface area contributed by atoms with Gasteiger partial charge in [0.25, 0.3) is 0 Å². The van der Waals surface area contributed by atoms with Crippen LogP contribution in [0.4, 0.5) is 0 Å². The molecule has 0 aromatic rings. The SMILES string of the molecule is CCC1CCC(C(NN)C(C)C)C1. The Morgan fingerprint density at radius 3 is 2.46 bits per heavy atom. The van der Waals surface area contributed by atoms with Crippen molar-refractivity contribution in [3.05, 3.63) is 0 Å². The van der Waals surface area contributed by atoms with Crippen molar-refractivity contribution < 1.29 is 0 Å². The Morgan fingerprint density at radius 1 is 1.38 bits per heavy atom. The first kappa shape index (κ1) is 11.0. The summed E-state index contributed by atoms with van der Waals surface area (Å²) in [5, 5.41) is 0. The molecule has 0 saturated heterocycles. The first-order valence-electron chi connectivity index (χ1n) is 5.65. The summed E-state index contributed by atoms with van der Waals surface area (Å²) < 4.78 is 0. The molecule has 13 heavy (non-hydrogen) atoms. The molecule has 1 aliphatic carbocycles. The average Bonchev–Trinajstić information content (AvgIpc) is 2.53. The van der Waals surface area contributed by atoms with E-state index in [0.717, 1.165) is 11.8 Å². The van der Waals surface area contributed by atoms with Gasteiger partial charge in [-0.3, -0.25) is 11.3 Å². The lowest BCUT2D eigenvalue weighted by Crippen LogP contribution is -2.43. The van der Waals surface area contributed by atoms with Gasteiger partial charge in [0, 0.05) is 6.04 Å². The van der Waals surface area contributed by atoms with Crippen molar-refractivity contribution in [1.29, 1.82) is 0 Å². The molecule has 3 unspecified atom stereocenters. The topological polar surface area (TPSA) is 38.0 Å². The van der Waals surface area contributed by atoms with Crippen molar-refractivity contribution >= 4 is 0 Å². The molecule has 0 aliphatic heterocycles. The third-order valence-electron chi connectivity index (χ3n) is 3.58. The standard InChI is InChI=1S/C11H24N2/c1-4-9-5-6-10(7-9)11(13-12)8(2)3/h8-11,13H,4-7,12H2,1-3H3. The first-order chi connectivity index (χ1) is 6.19. The summed E-state index contributed by atoms with van der Waals surface area (Å²) in [6, 6.07) is 0.525.